The van der Waals surface area contributed by atoms with Crippen LogP contribution in [0.5, 0.6) is 0 Å². The minimum absolute atomic E-state index is 0.0617. The lowest BCUT2D eigenvalue weighted by atomic mass is 9.98. The molecule has 2 aromatic rings. The lowest BCUT2D eigenvalue weighted by Gasteiger charge is -2.31. The largest absolute Gasteiger partial charge is 0.480 e. The van der Waals surface area contributed by atoms with Crippen LogP contribution >= 0.6 is 0 Å². The maximum absolute atomic E-state index is 12.7. The van der Waals surface area contributed by atoms with E-state index < -0.39 is 29.7 Å². The number of fused-ring (bicyclic) bond motifs is 3. The van der Waals surface area contributed by atoms with Gasteiger partial charge in [0.25, 0.3) is 0 Å². The highest BCUT2D eigenvalue weighted by atomic mass is 16.6. The van der Waals surface area contributed by atoms with Gasteiger partial charge < -0.3 is 19.9 Å². The van der Waals surface area contributed by atoms with Crippen molar-refractivity contribution in [2.45, 2.75) is 64.6 Å². The molecule has 8 heteroatoms. The maximum atomic E-state index is 12.7. The number of carboxylic acids is 1. The molecule has 1 aliphatic carbocycles. The molecule has 0 aromatic heterocycles. The number of carbonyl (C=O) groups is 3. The third-order valence-corrected chi connectivity index (χ3v) is 6.32. The van der Waals surface area contributed by atoms with Crippen LogP contribution in [0.15, 0.2) is 48.5 Å². The van der Waals surface area contributed by atoms with Gasteiger partial charge in [-0.05, 0) is 56.4 Å². The molecule has 36 heavy (non-hydrogen) atoms. The summed E-state index contributed by atoms with van der Waals surface area (Å²) in [5, 5.41) is 12.2. The summed E-state index contributed by atoms with van der Waals surface area (Å²) in [5.41, 5.74) is 3.71. The average Bonchev–Trinajstić information content (AvgIpc) is 3.13. The summed E-state index contributed by atoms with van der Waals surface area (Å²) in [6.45, 7) is 9.11. The Morgan fingerprint density at radius 2 is 1.58 bits per heavy atom. The Labute approximate surface area is 212 Å². The Morgan fingerprint density at radius 1 is 1.03 bits per heavy atom. The first-order valence-electron chi connectivity index (χ1n) is 12.3. The molecule has 0 saturated carbocycles. The SMILES string of the molecule is CCC(C)N(CC(=O)OC(C)(C)C)C[C@H](NC(=O)OCC1c2ccccc2-c2ccccc21)C(=O)O. The van der Waals surface area contributed by atoms with Gasteiger partial charge in [0, 0.05) is 18.5 Å². The Bertz CT molecular complexity index is 1050. The predicted octanol–water partition coefficient (Wildman–Crippen LogP) is 4.42. The summed E-state index contributed by atoms with van der Waals surface area (Å²) in [5.74, 6) is -1.79. The Kier molecular flexibility index (Phi) is 8.74. The van der Waals surface area contributed by atoms with Crippen LogP contribution in [-0.4, -0.2) is 65.4 Å². The molecule has 0 bridgehead atoms. The fourth-order valence-corrected chi connectivity index (χ4v) is 4.40. The first-order valence-corrected chi connectivity index (χ1v) is 12.3. The van der Waals surface area contributed by atoms with E-state index in [0.717, 1.165) is 22.3 Å². The van der Waals surface area contributed by atoms with Crippen LogP contribution in [-0.2, 0) is 19.1 Å². The number of alkyl carbamates (subject to hydrolysis) is 1. The molecule has 8 nitrogen and oxygen atoms in total. The van der Waals surface area contributed by atoms with Crippen molar-refractivity contribution in [2.75, 3.05) is 19.7 Å². The zero-order valence-electron chi connectivity index (χ0n) is 21.6. The van der Waals surface area contributed by atoms with Crippen molar-refractivity contribution < 1.29 is 29.0 Å². The first-order chi connectivity index (χ1) is 17.0. The Balaban J connectivity index is 1.65. The van der Waals surface area contributed by atoms with E-state index in [9.17, 15) is 19.5 Å². The van der Waals surface area contributed by atoms with Gasteiger partial charge in [0.15, 0.2) is 0 Å². The molecule has 1 unspecified atom stereocenters. The first kappa shape index (κ1) is 27.2. The van der Waals surface area contributed by atoms with Gasteiger partial charge >= 0.3 is 18.0 Å². The van der Waals surface area contributed by atoms with Crippen LogP contribution in [0.25, 0.3) is 11.1 Å². The highest BCUT2D eigenvalue weighted by Crippen LogP contribution is 2.44. The number of carbonyl (C=O) groups excluding carboxylic acids is 2. The van der Waals surface area contributed by atoms with E-state index in [4.69, 9.17) is 9.47 Å². The summed E-state index contributed by atoms with van der Waals surface area (Å²) in [6.07, 6.45) is -0.120. The standard InChI is InChI=1S/C28H36N2O6/c1-6-18(2)30(16-25(31)36-28(3,4)5)15-24(26(32)33)29-27(34)35-17-23-21-13-9-7-11-19(21)20-12-8-10-14-22(20)23/h7-14,18,23-24H,6,15-17H2,1-5H3,(H,29,34)(H,32,33)/t18?,24-/m0/s1. The molecule has 0 spiro atoms. The minimum atomic E-state index is -1.25. The fraction of sp³-hybridized carbons (Fsp3) is 0.464. The normalized spacial score (nSPS) is 14.5. The van der Waals surface area contributed by atoms with E-state index in [0.29, 0.717) is 6.42 Å². The van der Waals surface area contributed by atoms with Crippen molar-refractivity contribution in [2.24, 2.45) is 0 Å². The molecule has 2 aromatic carbocycles. The number of hydrogen-bond acceptors (Lipinski definition) is 6. The van der Waals surface area contributed by atoms with Gasteiger partial charge in [-0.3, -0.25) is 9.69 Å². The number of ether oxygens (including phenoxy) is 2. The average molecular weight is 497 g/mol. The molecule has 0 heterocycles. The molecular weight excluding hydrogens is 460 g/mol. The number of esters is 1. The van der Waals surface area contributed by atoms with E-state index in [1.54, 1.807) is 25.7 Å². The number of benzene rings is 2. The molecule has 0 saturated heterocycles. The quantitative estimate of drug-likeness (QED) is 0.469. The summed E-state index contributed by atoms with van der Waals surface area (Å²) >= 11 is 0. The van der Waals surface area contributed by atoms with Gasteiger partial charge in [-0.25, -0.2) is 9.59 Å². The van der Waals surface area contributed by atoms with Gasteiger partial charge in [-0.2, -0.15) is 0 Å². The van der Waals surface area contributed by atoms with E-state index in [1.807, 2.05) is 62.4 Å². The second-order valence-corrected chi connectivity index (χ2v) is 10.1. The van der Waals surface area contributed by atoms with Crippen molar-refractivity contribution in [1.82, 2.24) is 10.2 Å². The molecule has 0 aliphatic heterocycles. The molecule has 194 valence electrons. The van der Waals surface area contributed by atoms with Crippen LogP contribution in [0.2, 0.25) is 0 Å². The lowest BCUT2D eigenvalue weighted by Crippen LogP contribution is -2.52. The summed E-state index contributed by atoms with van der Waals surface area (Å²) in [6, 6.07) is 14.6. The second kappa shape index (κ2) is 11.6. The molecule has 1 aliphatic rings. The number of carboxylic acid groups (broad SMARTS) is 1. The number of rotatable bonds is 10. The van der Waals surface area contributed by atoms with E-state index in [-0.39, 0.29) is 31.7 Å². The van der Waals surface area contributed by atoms with Crippen molar-refractivity contribution in [3.63, 3.8) is 0 Å². The van der Waals surface area contributed by atoms with Crippen LogP contribution in [0.4, 0.5) is 4.79 Å². The number of aliphatic carboxylic acids is 1. The van der Waals surface area contributed by atoms with Crippen molar-refractivity contribution in [3.8, 4) is 11.1 Å². The van der Waals surface area contributed by atoms with Crippen LogP contribution in [0, 0.1) is 0 Å². The summed E-state index contributed by atoms with van der Waals surface area (Å²) in [4.78, 5) is 38.7. The highest BCUT2D eigenvalue weighted by Gasteiger charge is 2.31. The molecular formula is C28H36N2O6. The van der Waals surface area contributed by atoms with Gasteiger partial charge in [0.2, 0.25) is 0 Å². The number of amides is 1. The summed E-state index contributed by atoms with van der Waals surface area (Å²) in [7, 11) is 0. The molecule has 0 radical (unpaired) electrons. The van der Waals surface area contributed by atoms with Crippen molar-refractivity contribution in [3.05, 3.63) is 59.7 Å². The Hall–Kier alpha value is -3.39. The van der Waals surface area contributed by atoms with Gasteiger partial charge in [-0.15, -0.1) is 0 Å². The molecule has 3 rings (SSSR count). The van der Waals surface area contributed by atoms with E-state index in [2.05, 4.69) is 5.32 Å². The third-order valence-electron chi connectivity index (χ3n) is 6.32. The minimum Gasteiger partial charge on any atom is -0.480 e. The number of nitrogens with zero attached hydrogens (tertiary/aromatic N) is 1. The molecule has 2 N–H and O–H groups in total. The number of hydrogen-bond donors (Lipinski definition) is 2. The smallest absolute Gasteiger partial charge is 0.407 e. The lowest BCUT2D eigenvalue weighted by molar-refractivity contribution is -0.157. The third kappa shape index (κ3) is 6.85. The van der Waals surface area contributed by atoms with E-state index >= 15 is 0 Å². The Morgan fingerprint density at radius 3 is 2.08 bits per heavy atom. The monoisotopic (exact) mass is 496 g/mol. The van der Waals surface area contributed by atoms with Gasteiger partial charge in [0.05, 0.1) is 6.54 Å². The van der Waals surface area contributed by atoms with Crippen molar-refractivity contribution in [1.29, 1.82) is 0 Å². The molecule has 0 fully saturated rings. The topological polar surface area (TPSA) is 105 Å². The van der Waals surface area contributed by atoms with Gasteiger partial charge in [-0.1, -0.05) is 55.5 Å². The fourth-order valence-electron chi connectivity index (χ4n) is 4.40. The van der Waals surface area contributed by atoms with Crippen molar-refractivity contribution >= 4 is 18.0 Å². The van der Waals surface area contributed by atoms with Gasteiger partial charge in [0.1, 0.15) is 18.2 Å². The van der Waals surface area contributed by atoms with Crippen LogP contribution < -0.4 is 5.32 Å². The zero-order valence-corrected chi connectivity index (χ0v) is 21.6. The summed E-state index contributed by atoms with van der Waals surface area (Å²) < 4.78 is 10.9. The van der Waals surface area contributed by atoms with Crippen LogP contribution in [0.3, 0.4) is 0 Å². The van der Waals surface area contributed by atoms with Crippen LogP contribution in [0.1, 0.15) is 58.1 Å². The predicted molar refractivity (Wildman–Crippen MR) is 137 cm³/mol. The second-order valence-electron chi connectivity index (χ2n) is 10.1. The van der Waals surface area contributed by atoms with E-state index in [1.165, 1.54) is 0 Å². The highest BCUT2D eigenvalue weighted by molar-refractivity contribution is 5.81. The molecule has 2 atom stereocenters. The maximum Gasteiger partial charge on any atom is 0.407 e. The molecule has 1 amide bonds. The number of nitrogens with one attached hydrogen (secondary N) is 1. The zero-order chi connectivity index (χ0) is 26.5.